The summed E-state index contributed by atoms with van der Waals surface area (Å²) in [5, 5.41) is 30.5. The van der Waals surface area contributed by atoms with Gasteiger partial charge in [-0.05, 0) is 38.5 Å². The number of aryl methyl sites for hydroxylation is 2. The lowest BCUT2D eigenvalue weighted by Crippen LogP contribution is -2.28. The number of aliphatic imine (C=N–C) groups is 1. The number of hydrogen-bond donors (Lipinski definition) is 2. The van der Waals surface area contributed by atoms with Gasteiger partial charge in [-0.1, -0.05) is 12.1 Å². The minimum absolute atomic E-state index is 0.0882. The third-order valence-corrected chi connectivity index (χ3v) is 6.53. The molecule has 2 aromatic heterocycles. The highest BCUT2D eigenvalue weighted by atomic mass is 32.1. The van der Waals surface area contributed by atoms with Crippen LogP contribution in [0.2, 0.25) is 0 Å². The Morgan fingerprint density at radius 1 is 1.26 bits per heavy atom. The molecule has 0 radical (unpaired) electrons. The number of nitriles is 1. The third-order valence-electron chi connectivity index (χ3n) is 5.34. The maximum Gasteiger partial charge on any atom is 0.222 e. The second kappa shape index (κ2) is 8.41. The second-order valence-electron chi connectivity index (χ2n) is 7.36. The van der Waals surface area contributed by atoms with Crippen LogP contribution >= 0.6 is 11.3 Å². The maximum absolute atomic E-state index is 12.5. The van der Waals surface area contributed by atoms with Crippen LogP contribution in [0, 0.1) is 32.1 Å². The van der Waals surface area contributed by atoms with Crippen LogP contribution in [-0.4, -0.2) is 44.6 Å². The molecule has 1 aliphatic heterocycles. The summed E-state index contributed by atoms with van der Waals surface area (Å²) >= 11 is 1.65. The molecule has 1 atom stereocenters. The number of aliphatic hydroxyl groups is 1. The lowest BCUT2D eigenvalue weighted by Gasteiger charge is -2.12. The van der Waals surface area contributed by atoms with Gasteiger partial charge in [-0.3, -0.25) is 14.4 Å². The first-order valence-corrected chi connectivity index (χ1v) is 10.7. The number of rotatable bonds is 5. The van der Waals surface area contributed by atoms with Crippen molar-refractivity contribution in [3.63, 3.8) is 0 Å². The fourth-order valence-corrected chi connectivity index (χ4v) is 4.88. The van der Waals surface area contributed by atoms with Crippen LogP contribution in [0.1, 0.15) is 51.2 Å². The van der Waals surface area contributed by atoms with Gasteiger partial charge in [0, 0.05) is 22.5 Å². The third kappa shape index (κ3) is 3.76. The summed E-state index contributed by atoms with van der Waals surface area (Å²) in [6.07, 6.45) is 0.0882. The number of carbonyl (C=O) groups is 1. The molecular weight excluding hydrogens is 412 g/mol. The van der Waals surface area contributed by atoms with Crippen molar-refractivity contribution in [3.8, 4) is 11.1 Å². The molecule has 0 saturated heterocycles. The molecule has 31 heavy (non-hydrogen) atoms. The van der Waals surface area contributed by atoms with Gasteiger partial charge >= 0.3 is 0 Å². The Bertz CT molecular complexity index is 1220. The minimum Gasteiger partial charge on any atom is -0.395 e. The van der Waals surface area contributed by atoms with Gasteiger partial charge in [0.2, 0.25) is 5.91 Å². The maximum atomic E-state index is 12.5. The van der Waals surface area contributed by atoms with Gasteiger partial charge in [-0.2, -0.15) is 5.26 Å². The number of carbonyl (C=O) groups excluding carboxylic acids is 1. The van der Waals surface area contributed by atoms with Crippen molar-refractivity contribution in [2.24, 2.45) is 4.99 Å². The molecule has 2 N–H and O–H groups in total. The summed E-state index contributed by atoms with van der Waals surface area (Å²) in [6.45, 7) is 6.10. The van der Waals surface area contributed by atoms with Crippen molar-refractivity contribution >= 4 is 23.0 Å². The zero-order chi connectivity index (χ0) is 22.1. The monoisotopic (exact) mass is 434 g/mol. The van der Waals surface area contributed by atoms with Gasteiger partial charge < -0.3 is 10.4 Å². The first-order chi connectivity index (χ1) is 14.9. The highest BCUT2D eigenvalue weighted by molar-refractivity contribution is 7.15. The van der Waals surface area contributed by atoms with E-state index in [0.29, 0.717) is 11.4 Å². The number of nitrogens with one attached hydrogen (secondary N) is 1. The highest BCUT2D eigenvalue weighted by Gasteiger charge is 2.32. The van der Waals surface area contributed by atoms with Crippen LogP contribution in [0.5, 0.6) is 0 Å². The van der Waals surface area contributed by atoms with Crippen molar-refractivity contribution in [1.82, 2.24) is 20.1 Å². The van der Waals surface area contributed by atoms with Gasteiger partial charge in [0.1, 0.15) is 16.9 Å². The predicted octanol–water partition coefficient (Wildman–Crippen LogP) is 2.52. The number of thiophene rings is 1. The van der Waals surface area contributed by atoms with E-state index in [-0.39, 0.29) is 25.5 Å². The molecule has 0 saturated carbocycles. The SMILES string of the molecule is Cc1sc2c(c1C)C(c1ccc(C#N)cc1)=N[C@@H](CC(=O)NCCO)c1nnc(C)n1-2. The minimum atomic E-state index is -0.537. The molecule has 3 heterocycles. The molecule has 0 bridgehead atoms. The van der Waals surface area contributed by atoms with Crippen LogP contribution in [0.15, 0.2) is 29.3 Å². The topological polar surface area (TPSA) is 116 Å². The van der Waals surface area contributed by atoms with Crippen molar-refractivity contribution in [3.05, 3.63) is 63.0 Å². The first kappa shape index (κ1) is 20.9. The van der Waals surface area contributed by atoms with E-state index >= 15 is 0 Å². The molecule has 0 spiro atoms. The van der Waals surface area contributed by atoms with Crippen LogP contribution in [0.3, 0.4) is 0 Å². The van der Waals surface area contributed by atoms with Crippen LogP contribution in [-0.2, 0) is 4.79 Å². The van der Waals surface area contributed by atoms with Gasteiger partial charge in [-0.15, -0.1) is 21.5 Å². The van der Waals surface area contributed by atoms with E-state index in [1.165, 1.54) is 4.88 Å². The van der Waals surface area contributed by atoms with E-state index in [9.17, 15) is 4.79 Å². The molecule has 0 unspecified atom stereocenters. The van der Waals surface area contributed by atoms with E-state index in [0.717, 1.165) is 33.2 Å². The molecule has 4 rings (SSSR count). The average molecular weight is 435 g/mol. The molecule has 1 aliphatic rings. The Hall–Kier alpha value is -3.35. The quantitative estimate of drug-likeness (QED) is 0.640. The number of aliphatic hydroxyl groups excluding tert-OH is 1. The van der Waals surface area contributed by atoms with E-state index in [2.05, 4.69) is 35.4 Å². The summed E-state index contributed by atoms with van der Waals surface area (Å²) in [6, 6.07) is 8.91. The summed E-state index contributed by atoms with van der Waals surface area (Å²) in [5.41, 5.74) is 4.33. The van der Waals surface area contributed by atoms with E-state index < -0.39 is 6.04 Å². The molecule has 8 nitrogen and oxygen atoms in total. The Balaban J connectivity index is 1.91. The number of nitrogens with zero attached hydrogens (tertiary/aromatic N) is 5. The van der Waals surface area contributed by atoms with E-state index in [1.54, 1.807) is 23.5 Å². The first-order valence-electron chi connectivity index (χ1n) is 9.93. The molecule has 0 aliphatic carbocycles. The zero-order valence-electron chi connectivity index (χ0n) is 17.5. The summed E-state index contributed by atoms with van der Waals surface area (Å²) in [5.74, 6) is 1.13. The molecule has 3 aromatic rings. The number of benzene rings is 1. The summed E-state index contributed by atoms with van der Waals surface area (Å²) in [7, 11) is 0. The Morgan fingerprint density at radius 2 is 2.00 bits per heavy atom. The highest BCUT2D eigenvalue weighted by Crippen LogP contribution is 2.39. The van der Waals surface area contributed by atoms with E-state index in [4.69, 9.17) is 15.4 Å². The normalized spacial score (nSPS) is 14.8. The van der Waals surface area contributed by atoms with Gasteiger partial charge in [-0.25, -0.2) is 0 Å². The summed E-state index contributed by atoms with van der Waals surface area (Å²) < 4.78 is 1.99. The number of hydrogen-bond acceptors (Lipinski definition) is 7. The lowest BCUT2D eigenvalue weighted by atomic mass is 9.99. The Kier molecular flexibility index (Phi) is 5.67. The predicted molar refractivity (Wildman–Crippen MR) is 118 cm³/mol. The van der Waals surface area contributed by atoms with Crippen LogP contribution < -0.4 is 5.32 Å². The largest absolute Gasteiger partial charge is 0.395 e. The molecule has 0 fully saturated rings. The molecule has 1 amide bonds. The van der Waals surface area contributed by atoms with Crippen molar-refractivity contribution in [2.45, 2.75) is 33.2 Å². The van der Waals surface area contributed by atoms with E-state index in [1.807, 2.05) is 23.6 Å². The fourth-order valence-electron chi connectivity index (χ4n) is 3.67. The second-order valence-corrected chi connectivity index (χ2v) is 8.57. The number of amides is 1. The van der Waals surface area contributed by atoms with Gasteiger partial charge in [0.15, 0.2) is 5.82 Å². The van der Waals surface area contributed by atoms with Crippen LogP contribution in [0.25, 0.3) is 5.00 Å². The van der Waals surface area contributed by atoms with Gasteiger partial charge in [0.25, 0.3) is 0 Å². The van der Waals surface area contributed by atoms with Gasteiger partial charge in [0.05, 0.1) is 30.4 Å². The summed E-state index contributed by atoms with van der Waals surface area (Å²) in [4.78, 5) is 18.7. The number of aromatic nitrogens is 3. The molecule has 158 valence electrons. The average Bonchev–Trinajstić information content (AvgIpc) is 3.24. The fraction of sp³-hybridized carbons (Fsp3) is 0.318. The van der Waals surface area contributed by atoms with Crippen LogP contribution in [0.4, 0.5) is 0 Å². The number of fused-ring (bicyclic) bond motifs is 3. The smallest absolute Gasteiger partial charge is 0.222 e. The van der Waals surface area contributed by atoms with Crippen molar-refractivity contribution in [1.29, 1.82) is 5.26 Å². The van der Waals surface area contributed by atoms with Crippen molar-refractivity contribution < 1.29 is 9.90 Å². The lowest BCUT2D eigenvalue weighted by molar-refractivity contribution is -0.121. The molecular formula is C22H22N6O2S. The Labute approximate surface area is 183 Å². The Morgan fingerprint density at radius 3 is 2.68 bits per heavy atom. The molecule has 9 heteroatoms. The standard InChI is InChI=1S/C22H22N6O2S/c1-12-13(2)31-22-19(12)20(16-6-4-15(11-23)5-7-16)25-17(10-18(30)24-8-9-29)21-27-26-14(3)28(21)22/h4-7,17,29H,8-10H2,1-3H3,(H,24,30)/t17-/m0/s1. The zero-order valence-corrected chi connectivity index (χ0v) is 18.3. The molecule has 1 aromatic carbocycles. The van der Waals surface area contributed by atoms with Crippen molar-refractivity contribution in [2.75, 3.05) is 13.2 Å².